The fraction of sp³-hybridized carbons (Fsp3) is 0.787. The lowest BCUT2D eigenvalue weighted by Crippen LogP contribution is -2.63. The van der Waals surface area contributed by atoms with Crippen LogP contribution in [0.1, 0.15) is 156 Å². The Morgan fingerprint density at radius 1 is 0.464 bits per heavy atom. The molecule has 0 aromatic carbocycles. The van der Waals surface area contributed by atoms with Gasteiger partial charge < -0.3 is 61.1 Å². The van der Waals surface area contributed by atoms with Gasteiger partial charge in [-0.2, -0.15) is 0 Å². The Kier molecular flexibility index (Phi) is 31.4. The number of aliphatic hydroxyl groups is 1. The van der Waals surface area contributed by atoms with Crippen LogP contribution in [0.2, 0.25) is 0 Å². The van der Waals surface area contributed by atoms with Crippen LogP contribution < -0.4 is 26.6 Å². The second kappa shape index (κ2) is 34.7. The van der Waals surface area contributed by atoms with Gasteiger partial charge in [-0.15, -0.1) is 0 Å². The Balaban J connectivity index is 4.28. The fourth-order valence-corrected chi connectivity index (χ4v) is 10.4. The van der Waals surface area contributed by atoms with Crippen LogP contribution in [0.4, 0.5) is 0 Å². The number of nitrogens with one attached hydrogen (secondary N) is 5. The van der Waals surface area contributed by atoms with Crippen LogP contribution in [0.5, 0.6) is 0 Å². The average molecular weight is 1190 g/mol. The van der Waals surface area contributed by atoms with Crippen molar-refractivity contribution in [1.82, 2.24) is 56.0 Å². The van der Waals surface area contributed by atoms with Gasteiger partial charge in [-0.25, -0.2) is 0 Å². The van der Waals surface area contributed by atoms with Crippen LogP contribution in [-0.4, -0.2) is 215 Å². The first kappa shape index (κ1) is 75.9. The highest BCUT2D eigenvalue weighted by atomic mass is 16.3. The third kappa shape index (κ3) is 21.7. The monoisotopic (exact) mass is 1190 g/mol. The van der Waals surface area contributed by atoms with Gasteiger partial charge in [0.1, 0.15) is 60.4 Å². The molecule has 0 aromatic rings. The van der Waals surface area contributed by atoms with Gasteiger partial charge in [-0.3, -0.25) is 52.7 Å². The van der Waals surface area contributed by atoms with E-state index >= 15 is 9.59 Å². The molecule has 84 heavy (non-hydrogen) atoms. The maximum absolute atomic E-state index is 15.1. The highest BCUT2D eigenvalue weighted by molar-refractivity contribution is 5.99. The predicted octanol–water partition coefficient (Wildman–Crippen LogP) is 2.93. The molecule has 0 saturated carbocycles. The van der Waals surface area contributed by atoms with E-state index in [9.17, 15) is 48.3 Å². The van der Waals surface area contributed by atoms with Crippen molar-refractivity contribution in [2.75, 3.05) is 48.8 Å². The van der Waals surface area contributed by atoms with E-state index in [0.29, 0.717) is 6.42 Å². The molecule has 1 rings (SSSR count). The van der Waals surface area contributed by atoms with Gasteiger partial charge in [0.15, 0.2) is 0 Å². The maximum atomic E-state index is 15.1. The van der Waals surface area contributed by atoms with E-state index in [1.807, 2.05) is 55.4 Å². The third-order valence-corrected chi connectivity index (χ3v) is 15.6. The minimum absolute atomic E-state index is 0.0225. The summed E-state index contributed by atoms with van der Waals surface area (Å²) in [5.41, 5.74) is 0. The molecule has 1 aliphatic rings. The molecule has 11 amide bonds. The van der Waals surface area contributed by atoms with Crippen molar-refractivity contribution in [3.8, 4) is 0 Å². The molecule has 2 unspecified atom stereocenters. The van der Waals surface area contributed by atoms with Crippen molar-refractivity contribution >= 4 is 65.0 Å². The third-order valence-electron chi connectivity index (χ3n) is 15.6. The minimum Gasteiger partial charge on any atom is -0.390 e. The first-order chi connectivity index (χ1) is 38.8. The number of likely N-dealkylation sites (N-methyl/N-ethyl adjacent to an activating group) is 6. The SMILES string of the molecule is C/C=C/CC(C)C(O)[C@@H]1C(=O)N[C@@H](CC)C(=O)N(C)CC(=O)N(C)[C@@H](CC(C)C)C(=O)N[C@@H](C(C)C)C(=O)N[C@@H](CC(C)C)C(=O)N[C@@H](C)C(=O)N[C@H](C)C(=O)N(C)[C@@H](CC(C)C)C(=O)N(C)[C@@H](CC(C)C)C(=O)N(C)[C@@H](C(C)C)C(=O)N1C. The van der Waals surface area contributed by atoms with Crippen LogP contribution in [0, 0.1) is 41.4 Å². The summed E-state index contributed by atoms with van der Waals surface area (Å²) in [6, 6.07) is -12.4. The lowest BCUT2D eigenvalue weighted by Gasteiger charge is -2.41. The first-order valence-electron chi connectivity index (χ1n) is 30.2. The Bertz CT molecular complexity index is 2290. The number of rotatable bonds is 15. The summed E-state index contributed by atoms with van der Waals surface area (Å²) < 4.78 is 0. The summed E-state index contributed by atoms with van der Waals surface area (Å²) in [5.74, 6) is -9.87. The highest BCUT2D eigenvalue weighted by Crippen LogP contribution is 2.25. The normalized spacial score (nSPS) is 27.0. The van der Waals surface area contributed by atoms with E-state index in [1.54, 1.807) is 60.6 Å². The summed E-state index contributed by atoms with van der Waals surface area (Å²) in [5, 5.41) is 25.7. The molecule has 6 N–H and O–H groups in total. The Labute approximate surface area is 502 Å². The van der Waals surface area contributed by atoms with Crippen molar-refractivity contribution in [2.45, 2.75) is 223 Å². The number of amides is 11. The van der Waals surface area contributed by atoms with Gasteiger partial charge in [0.25, 0.3) is 0 Å². The van der Waals surface area contributed by atoms with Crippen molar-refractivity contribution < 1.29 is 57.8 Å². The number of nitrogens with zero attached hydrogens (tertiary/aromatic N) is 6. The van der Waals surface area contributed by atoms with Crippen molar-refractivity contribution in [3.05, 3.63) is 12.2 Å². The summed E-state index contributed by atoms with van der Waals surface area (Å²) in [6.07, 6.45) is 3.01. The molecule has 1 saturated heterocycles. The predicted molar refractivity (Wildman–Crippen MR) is 324 cm³/mol. The quantitative estimate of drug-likeness (QED) is 0.129. The number of hydrogen-bond acceptors (Lipinski definition) is 12. The zero-order valence-corrected chi connectivity index (χ0v) is 55.1. The molecule has 480 valence electrons. The minimum atomic E-state index is -1.61. The lowest BCUT2D eigenvalue weighted by atomic mass is 9.91. The zero-order valence-electron chi connectivity index (χ0n) is 55.1. The van der Waals surface area contributed by atoms with Gasteiger partial charge in [0.05, 0.1) is 12.6 Å². The van der Waals surface area contributed by atoms with Crippen LogP contribution in [0.25, 0.3) is 0 Å². The topological polar surface area (TPSA) is 288 Å². The summed E-state index contributed by atoms with van der Waals surface area (Å²) in [6.45, 7) is 29.2. The molecule has 0 bridgehead atoms. The van der Waals surface area contributed by atoms with E-state index in [0.717, 1.165) is 9.80 Å². The number of hydrogen-bond donors (Lipinski definition) is 6. The molecule has 0 spiro atoms. The number of aliphatic hydroxyl groups excluding tert-OH is 1. The molecule has 23 heteroatoms. The van der Waals surface area contributed by atoms with Crippen LogP contribution in [0.3, 0.4) is 0 Å². The van der Waals surface area contributed by atoms with Crippen molar-refractivity contribution in [2.24, 2.45) is 41.4 Å². The van der Waals surface area contributed by atoms with Gasteiger partial charge in [0.2, 0.25) is 65.0 Å². The van der Waals surface area contributed by atoms with E-state index in [4.69, 9.17) is 0 Å². The molecule has 12 atom stereocenters. The fourth-order valence-electron chi connectivity index (χ4n) is 10.4. The van der Waals surface area contributed by atoms with Crippen LogP contribution >= 0.6 is 0 Å². The summed E-state index contributed by atoms with van der Waals surface area (Å²) >= 11 is 0. The molecule has 1 fully saturated rings. The van der Waals surface area contributed by atoms with Gasteiger partial charge in [0, 0.05) is 42.3 Å². The van der Waals surface area contributed by atoms with Gasteiger partial charge in [-0.1, -0.05) is 109 Å². The Morgan fingerprint density at radius 3 is 1.38 bits per heavy atom. The zero-order chi connectivity index (χ0) is 65.1. The summed E-state index contributed by atoms with van der Waals surface area (Å²) in [7, 11) is 8.46. The Morgan fingerprint density at radius 2 is 0.917 bits per heavy atom. The first-order valence-corrected chi connectivity index (χ1v) is 30.2. The highest BCUT2D eigenvalue weighted by Gasteiger charge is 2.45. The van der Waals surface area contributed by atoms with E-state index < -0.39 is 156 Å². The molecular weight excluding hydrogens is 1080 g/mol. The molecule has 1 aliphatic heterocycles. The van der Waals surface area contributed by atoms with E-state index in [2.05, 4.69) is 26.6 Å². The number of carbonyl (C=O) groups excluding carboxylic acids is 11. The number of allylic oxidation sites excluding steroid dienone is 2. The van der Waals surface area contributed by atoms with Crippen molar-refractivity contribution in [1.29, 1.82) is 0 Å². The van der Waals surface area contributed by atoms with Gasteiger partial charge >= 0.3 is 0 Å². The number of carbonyl (C=O) groups is 11. The molecule has 23 nitrogen and oxygen atoms in total. The lowest BCUT2D eigenvalue weighted by molar-refractivity contribution is -0.157. The molecule has 1 heterocycles. The molecule has 0 aliphatic carbocycles. The summed E-state index contributed by atoms with van der Waals surface area (Å²) in [4.78, 5) is 166. The average Bonchev–Trinajstić information content (AvgIpc) is 3.53. The second-order valence-corrected chi connectivity index (χ2v) is 25.7. The smallest absolute Gasteiger partial charge is 0.246 e. The molecular formula is C61H109N11O12. The standard InChI is InChI=1S/C61H109N11O12/c1-24-26-27-39(15)51(74)50-56(79)64-42(25-2)58(81)67(18)32-47(73)68(19)44(29-34(5)6)54(77)66-48(37(11)12)55(78)65-43(28-33(3)4)53(76)62-40(16)52(75)63-41(17)57(80)69(20)45(30-35(7)8)59(82)70(21)46(31-36(9)10)60(83)71(22)49(38(13)14)61(84)72(50)23/h24,26,33-46,48-51,74H,25,27-32H2,1-23H3,(H,62,76)(H,63,75)(H,64,79)(H,65,78)(H,66,77)/b26-24+/t39?,40-,41+,42-,43-,44-,45-,46-,48-,49-,50+,51?/m0/s1. The second-order valence-electron chi connectivity index (χ2n) is 25.7. The van der Waals surface area contributed by atoms with Crippen LogP contribution in [-0.2, 0) is 52.7 Å². The van der Waals surface area contributed by atoms with Gasteiger partial charge in [-0.05, 0) is 101 Å². The van der Waals surface area contributed by atoms with Crippen molar-refractivity contribution in [3.63, 3.8) is 0 Å². The van der Waals surface area contributed by atoms with Crippen LogP contribution in [0.15, 0.2) is 12.2 Å². The Hall–Kier alpha value is -6.13. The van der Waals surface area contributed by atoms with E-state index in [1.165, 1.54) is 75.7 Å². The largest absolute Gasteiger partial charge is 0.390 e. The van der Waals surface area contributed by atoms with E-state index in [-0.39, 0.29) is 55.8 Å². The maximum Gasteiger partial charge on any atom is 0.246 e. The molecule has 0 aromatic heterocycles. The molecule has 0 radical (unpaired) electrons.